The minimum Gasteiger partial charge on any atom is -0.496 e. The average Bonchev–Trinajstić information content (AvgIpc) is 2.48. The molecular formula is C14H15N3O4S. The number of aryl methyl sites for hydroxylation is 1. The number of benzene rings is 1. The number of anilines is 1. The summed E-state index contributed by atoms with van der Waals surface area (Å²) >= 11 is 0. The Hall–Kier alpha value is -2.61. The molecule has 1 heterocycles. The fourth-order valence-corrected chi connectivity index (χ4v) is 2.93. The van der Waals surface area contributed by atoms with Gasteiger partial charge in [0, 0.05) is 6.20 Å². The van der Waals surface area contributed by atoms with Crippen LogP contribution in [0.2, 0.25) is 0 Å². The molecule has 0 unspecified atom stereocenters. The topological polar surface area (TPSA) is 111 Å². The van der Waals surface area contributed by atoms with Crippen molar-refractivity contribution >= 4 is 21.7 Å². The first-order valence-corrected chi connectivity index (χ1v) is 7.76. The largest absolute Gasteiger partial charge is 0.496 e. The van der Waals surface area contributed by atoms with Gasteiger partial charge in [-0.05, 0) is 36.8 Å². The Bertz CT molecular complexity index is 819. The minimum absolute atomic E-state index is 0.0110. The van der Waals surface area contributed by atoms with Gasteiger partial charge < -0.3 is 10.5 Å². The fourth-order valence-electron chi connectivity index (χ4n) is 1.83. The molecule has 2 aromatic rings. The van der Waals surface area contributed by atoms with Crippen molar-refractivity contribution < 1.29 is 17.9 Å². The third-order valence-corrected chi connectivity index (χ3v) is 4.32. The number of nitrogens with one attached hydrogen (secondary N) is 1. The molecule has 8 heteroatoms. The summed E-state index contributed by atoms with van der Waals surface area (Å²) in [5, 5.41) is 0. The van der Waals surface area contributed by atoms with Crippen molar-refractivity contribution in [3.05, 3.63) is 47.7 Å². The van der Waals surface area contributed by atoms with E-state index >= 15 is 0 Å². The summed E-state index contributed by atoms with van der Waals surface area (Å²) in [4.78, 5) is 15.3. The number of carbonyl (C=O) groups excluding carboxylic acids is 1. The maximum atomic E-state index is 12.4. The Morgan fingerprint density at radius 2 is 2.05 bits per heavy atom. The maximum Gasteiger partial charge on any atom is 0.263 e. The third-order valence-electron chi connectivity index (χ3n) is 2.99. The second-order valence-corrected chi connectivity index (χ2v) is 6.18. The van der Waals surface area contributed by atoms with Gasteiger partial charge in [-0.2, -0.15) is 0 Å². The molecule has 7 nitrogen and oxygen atoms in total. The van der Waals surface area contributed by atoms with Crippen LogP contribution in [-0.2, 0) is 10.0 Å². The van der Waals surface area contributed by atoms with E-state index in [1.807, 2.05) is 0 Å². The zero-order valence-corrected chi connectivity index (χ0v) is 12.8. The molecular weight excluding hydrogens is 306 g/mol. The van der Waals surface area contributed by atoms with Crippen LogP contribution >= 0.6 is 0 Å². The summed E-state index contributed by atoms with van der Waals surface area (Å²) in [6, 6.07) is 7.30. The molecule has 2 rings (SSSR count). The van der Waals surface area contributed by atoms with Crippen molar-refractivity contribution in [2.45, 2.75) is 11.8 Å². The molecule has 0 aliphatic heterocycles. The van der Waals surface area contributed by atoms with E-state index in [1.165, 1.54) is 31.5 Å². The van der Waals surface area contributed by atoms with Crippen molar-refractivity contribution in [1.29, 1.82) is 0 Å². The molecule has 0 aliphatic rings. The molecule has 3 N–H and O–H groups in total. The molecule has 0 bridgehead atoms. The molecule has 0 saturated heterocycles. The van der Waals surface area contributed by atoms with Crippen LogP contribution in [0.3, 0.4) is 0 Å². The molecule has 1 amide bonds. The van der Waals surface area contributed by atoms with Crippen LogP contribution in [0.4, 0.5) is 5.82 Å². The Balaban J connectivity index is 2.44. The molecule has 0 radical (unpaired) electrons. The summed E-state index contributed by atoms with van der Waals surface area (Å²) < 4.78 is 32.1. The monoisotopic (exact) mass is 321 g/mol. The van der Waals surface area contributed by atoms with Crippen LogP contribution in [0.25, 0.3) is 0 Å². The highest BCUT2D eigenvalue weighted by atomic mass is 32.2. The van der Waals surface area contributed by atoms with Gasteiger partial charge in [0.2, 0.25) is 0 Å². The lowest BCUT2D eigenvalue weighted by Crippen LogP contribution is -2.17. The number of hydrogen-bond donors (Lipinski definition) is 2. The molecule has 0 aliphatic carbocycles. The van der Waals surface area contributed by atoms with E-state index in [2.05, 4.69) is 9.71 Å². The quantitative estimate of drug-likeness (QED) is 0.862. The summed E-state index contributed by atoms with van der Waals surface area (Å²) in [5.41, 5.74) is 5.90. The molecule has 0 fully saturated rings. The number of pyridine rings is 1. The number of aromatic nitrogens is 1. The van der Waals surface area contributed by atoms with E-state index in [0.29, 0.717) is 5.56 Å². The van der Waals surface area contributed by atoms with Gasteiger partial charge >= 0.3 is 0 Å². The van der Waals surface area contributed by atoms with E-state index in [-0.39, 0.29) is 22.0 Å². The molecule has 1 aromatic carbocycles. The van der Waals surface area contributed by atoms with Crippen molar-refractivity contribution in [2.75, 3.05) is 11.8 Å². The van der Waals surface area contributed by atoms with Crippen LogP contribution in [0.15, 0.2) is 41.4 Å². The van der Waals surface area contributed by atoms with Crippen molar-refractivity contribution in [1.82, 2.24) is 4.98 Å². The summed E-state index contributed by atoms with van der Waals surface area (Å²) in [5.74, 6) is -0.345. The summed E-state index contributed by atoms with van der Waals surface area (Å²) in [6.07, 6.45) is 1.48. The molecule has 116 valence electrons. The predicted octanol–water partition coefficient (Wildman–Crippen LogP) is 1.30. The number of primary amides is 1. The second-order valence-electron chi connectivity index (χ2n) is 4.50. The number of rotatable bonds is 5. The van der Waals surface area contributed by atoms with E-state index in [0.717, 1.165) is 0 Å². The third kappa shape index (κ3) is 3.17. The Kier molecular flexibility index (Phi) is 4.32. The Morgan fingerprint density at radius 3 is 2.64 bits per heavy atom. The summed E-state index contributed by atoms with van der Waals surface area (Å²) in [7, 11) is -2.53. The smallest absolute Gasteiger partial charge is 0.263 e. The van der Waals surface area contributed by atoms with E-state index < -0.39 is 15.9 Å². The standard InChI is InChI=1S/C14H15N3O4S/c1-9-4-3-7-16-14(9)17-22(19,20)10-5-6-12(21-2)11(8-10)13(15)18/h3-8H,1-2H3,(H2,15,18)(H,16,17). The van der Waals surface area contributed by atoms with E-state index in [4.69, 9.17) is 10.5 Å². The molecule has 22 heavy (non-hydrogen) atoms. The highest BCUT2D eigenvalue weighted by Crippen LogP contribution is 2.24. The van der Waals surface area contributed by atoms with Crippen LogP contribution < -0.4 is 15.2 Å². The SMILES string of the molecule is COc1ccc(S(=O)(=O)Nc2ncccc2C)cc1C(N)=O. The van der Waals surface area contributed by atoms with Crippen LogP contribution in [0.5, 0.6) is 5.75 Å². The lowest BCUT2D eigenvalue weighted by molar-refractivity contribution is 0.0997. The lowest BCUT2D eigenvalue weighted by Gasteiger charge is -2.11. The number of carbonyl (C=O) groups is 1. The average molecular weight is 321 g/mol. The van der Waals surface area contributed by atoms with Gasteiger partial charge in [-0.3, -0.25) is 9.52 Å². The highest BCUT2D eigenvalue weighted by molar-refractivity contribution is 7.92. The number of ether oxygens (including phenoxy) is 1. The Labute approximate surface area is 128 Å². The first kappa shape index (κ1) is 15.8. The number of amides is 1. The number of nitrogens with zero attached hydrogens (tertiary/aromatic N) is 1. The number of nitrogens with two attached hydrogens (primary N) is 1. The number of methoxy groups -OCH3 is 1. The van der Waals surface area contributed by atoms with Gasteiger partial charge in [0.1, 0.15) is 11.6 Å². The summed E-state index contributed by atoms with van der Waals surface area (Å²) in [6.45, 7) is 1.73. The van der Waals surface area contributed by atoms with Crippen molar-refractivity contribution in [2.24, 2.45) is 5.73 Å². The van der Waals surface area contributed by atoms with Crippen LogP contribution in [0, 0.1) is 6.92 Å². The fraction of sp³-hybridized carbons (Fsp3) is 0.143. The van der Waals surface area contributed by atoms with Gasteiger partial charge in [-0.1, -0.05) is 6.07 Å². The Morgan fingerprint density at radius 1 is 1.32 bits per heavy atom. The van der Waals surface area contributed by atoms with Crippen LogP contribution in [0.1, 0.15) is 15.9 Å². The zero-order valence-electron chi connectivity index (χ0n) is 12.0. The minimum atomic E-state index is -3.89. The zero-order chi connectivity index (χ0) is 16.3. The van der Waals surface area contributed by atoms with Gasteiger partial charge in [0.05, 0.1) is 17.6 Å². The lowest BCUT2D eigenvalue weighted by atomic mass is 10.2. The van der Waals surface area contributed by atoms with Crippen molar-refractivity contribution in [3.63, 3.8) is 0 Å². The first-order valence-electron chi connectivity index (χ1n) is 6.27. The van der Waals surface area contributed by atoms with E-state index in [9.17, 15) is 13.2 Å². The molecule has 0 atom stereocenters. The number of sulfonamides is 1. The van der Waals surface area contributed by atoms with Gasteiger partial charge in [-0.15, -0.1) is 0 Å². The molecule has 0 spiro atoms. The second kappa shape index (κ2) is 6.02. The number of hydrogen-bond acceptors (Lipinski definition) is 5. The van der Waals surface area contributed by atoms with Gasteiger partial charge in [0.15, 0.2) is 0 Å². The van der Waals surface area contributed by atoms with Gasteiger partial charge in [0.25, 0.3) is 15.9 Å². The van der Waals surface area contributed by atoms with Gasteiger partial charge in [-0.25, -0.2) is 13.4 Å². The normalized spacial score (nSPS) is 11.0. The predicted molar refractivity (Wildman–Crippen MR) is 81.3 cm³/mol. The van der Waals surface area contributed by atoms with E-state index in [1.54, 1.807) is 19.1 Å². The molecule has 0 saturated carbocycles. The maximum absolute atomic E-state index is 12.4. The first-order chi connectivity index (χ1) is 10.3. The van der Waals surface area contributed by atoms with Crippen molar-refractivity contribution in [3.8, 4) is 5.75 Å². The van der Waals surface area contributed by atoms with Crippen LogP contribution in [-0.4, -0.2) is 26.4 Å². The molecule has 1 aromatic heterocycles. The highest BCUT2D eigenvalue weighted by Gasteiger charge is 2.19.